The molecule has 3 heteroatoms. The van der Waals surface area contributed by atoms with Crippen molar-refractivity contribution >= 4 is 6.01 Å². The predicted molar refractivity (Wildman–Crippen MR) is 67.3 cm³/mol. The number of rotatable bonds is 2. The lowest BCUT2D eigenvalue weighted by atomic mass is 9.91. The maximum absolute atomic E-state index is 5.62. The first-order valence-corrected chi connectivity index (χ1v) is 6.71. The van der Waals surface area contributed by atoms with Crippen LogP contribution in [0.3, 0.4) is 0 Å². The van der Waals surface area contributed by atoms with Gasteiger partial charge in [-0.2, -0.15) is 0 Å². The van der Waals surface area contributed by atoms with Gasteiger partial charge in [0.25, 0.3) is 0 Å². The van der Waals surface area contributed by atoms with Crippen molar-refractivity contribution in [2.45, 2.75) is 76.3 Å². The molecule has 2 fully saturated rings. The van der Waals surface area contributed by atoms with Gasteiger partial charge in [-0.1, -0.05) is 38.5 Å². The number of hydrogen-bond acceptors (Lipinski definition) is 3. The van der Waals surface area contributed by atoms with Crippen LogP contribution in [0.5, 0.6) is 0 Å². The summed E-state index contributed by atoms with van der Waals surface area (Å²) in [5.41, 5.74) is 0. The number of nitrogens with one attached hydrogen (secondary N) is 3. The molecule has 0 bridgehead atoms. The van der Waals surface area contributed by atoms with E-state index in [-0.39, 0.29) is 0 Å². The average molecular weight is 223 g/mol. The highest BCUT2D eigenvalue weighted by molar-refractivity contribution is 5.29. The van der Waals surface area contributed by atoms with Gasteiger partial charge in [-0.15, -0.1) is 0 Å². The third-order valence-electron chi connectivity index (χ3n) is 3.68. The normalized spacial score (nSPS) is 23.0. The Morgan fingerprint density at radius 3 is 1.31 bits per heavy atom. The van der Waals surface area contributed by atoms with Crippen molar-refractivity contribution in [2.24, 2.45) is 0 Å². The monoisotopic (exact) mass is 223 g/mol. The van der Waals surface area contributed by atoms with Gasteiger partial charge < -0.3 is 5.32 Å². The summed E-state index contributed by atoms with van der Waals surface area (Å²) in [5.74, 6) is 0. The zero-order valence-corrected chi connectivity index (χ0v) is 10.2. The molecule has 0 radical (unpaired) electrons. The molecule has 0 aromatic heterocycles. The van der Waals surface area contributed by atoms with Crippen molar-refractivity contribution in [1.29, 1.82) is 10.8 Å². The molecule has 0 saturated heterocycles. The summed E-state index contributed by atoms with van der Waals surface area (Å²) in [7, 11) is 0. The molecule has 2 aliphatic rings. The van der Waals surface area contributed by atoms with Crippen LogP contribution in [-0.2, 0) is 0 Å². The second-order valence-corrected chi connectivity index (χ2v) is 4.96. The van der Waals surface area contributed by atoms with E-state index in [1.807, 2.05) is 0 Å². The molecule has 92 valence electrons. The van der Waals surface area contributed by atoms with Crippen molar-refractivity contribution in [2.75, 3.05) is 0 Å². The molecule has 2 saturated carbocycles. The zero-order chi connectivity index (χ0) is 11.6. The molecular weight excluding hydrogens is 198 g/mol. The lowest BCUT2D eigenvalue weighted by Gasteiger charge is -2.30. The van der Waals surface area contributed by atoms with E-state index in [4.69, 9.17) is 10.8 Å². The molecule has 3 N–H and O–H groups in total. The minimum absolute atomic E-state index is 0.872. The van der Waals surface area contributed by atoms with E-state index in [0.29, 0.717) is 0 Å². The molecule has 0 aliphatic heterocycles. The minimum Gasteiger partial charge on any atom is -0.311 e. The summed E-state index contributed by atoms with van der Waals surface area (Å²) in [6, 6.07) is 2.99. The summed E-state index contributed by atoms with van der Waals surface area (Å²) < 4.78 is 0. The van der Waals surface area contributed by atoms with Crippen LogP contribution in [0.15, 0.2) is 0 Å². The molecule has 0 amide bonds. The molecule has 0 heterocycles. The van der Waals surface area contributed by atoms with Crippen molar-refractivity contribution in [1.82, 2.24) is 5.32 Å². The Hall–Kier alpha value is -0.660. The molecule has 2 rings (SSSR count). The quantitative estimate of drug-likeness (QED) is 0.616. The molecular formula is C13H25N3. The fourth-order valence-electron chi connectivity index (χ4n) is 2.87. The van der Waals surface area contributed by atoms with Crippen molar-refractivity contribution < 1.29 is 0 Å². The Kier molecular flexibility index (Phi) is 7.11. The Bertz CT molecular complexity index is 181. The van der Waals surface area contributed by atoms with Gasteiger partial charge in [0.05, 0.1) is 6.01 Å². The van der Waals surface area contributed by atoms with Crippen LogP contribution in [-0.4, -0.2) is 18.1 Å². The van der Waals surface area contributed by atoms with E-state index in [0.717, 1.165) is 12.1 Å². The fourth-order valence-corrected chi connectivity index (χ4v) is 2.87. The zero-order valence-electron chi connectivity index (χ0n) is 10.2. The van der Waals surface area contributed by atoms with Crippen molar-refractivity contribution in [3.8, 4) is 0 Å². The lowest BCUT2D eigenvalue weighted by molar-refractivity contribution is 0.291. The lowest BCUT2D eigenvalue weighted by Crippen LogP contribution is -2.40. The van der Waals surface area contributed by atoms with Crippen LogP contribution >= 0.6 is 0 Å². The first-order valence-electron chi connectivity index (χ1n) is 6.71. The predicted octanol–water partition coefficient (Wildman–Crippen LogP) is 3.56. The van der Waals surface area contributed by atoms with Crippen LogP contribution < -0.4 is 5.32 Å². The van der Waals surface area contributed by atoms with Crippen LogP contribution in [0.4, 0.5) is 0 Å². The van der Waals surface area contributed by atoms with Gasteiger partial charge in [-0.05, 0) is 25.7 Å². The highest BCUT2D eigenvalue weighted by Gasteiger charge is 2.19. The van der Waals surface area contributed by atoms with Crippen LogP contribution in [0.2, 0.25) is 0 Å². The Balaban J connectivity index is 0.000000386. The van der Waals surface area contributed by atoms with Gasteiger partial charge in [0.1, 0.15) is 0 Å². The van der Waals surface area contributed by atoms with Gasteiger partial charge >= 0.3 is 0 Å². The summed E-state index contributed by atoms with van der Waals surface area (Å²) in [5, 5.41) is 15.1. The van der Waals surface area contributed by atoms with E-state index in [1.165, 1.54) is 70.2 Å². The molecule has 0 spiro atoms. The fraction of sp³-hybridized carbons (Fsp3) is 0.923. The average Bonchev–Trinajstić information content (AvgIpc) is 2.33. The summed E-state index contributed by atoms with van der Waals surface area (Å²) >= 11 is 0. The van der Waals surface area contributed by atoms with Gasteiger partial charge in [-0.25, -0.2) is 10.8 Å². The maximum Gasteiger partial charge on any atom is 0.0831 e. The largest absolute Gasteiger partial charge is 0.311 e. The summed E-state index contributed by atoms with van der Waals surface area (Å²) in [4.78, 5) is 0. The summed E-state index contributed by atoms with van der Waals surface area (Å²) in [6.45, 7) is 0. The van der Waals surface area contributed by atoms with Crippen LogP contribution in [0.25, 0.3) is 0 Å². The molecule has 0 atom stereocenters. The van der Waals surface area contributed by atoms with E-state index < -0.39 is 0 Å². The first-order chi connectivity index (χ1) is 7.86. The summed E-state index contributed by atoms with van der Waals surface area (Å²) in [6.07, 6.45) is 14.6. The Morgan fingerprint density at radius 2 is 1.00 bits per heavy atom. The third-order valence-corrected chi connectivity index (χ3v) is 3.68. The highest BCUT2D eigenvalue weighted by atomic mass is 14.9. The molecule has 0 aromatic rings. The van der Waals surface area contributed by atoms with E-state index in [2.05, 4.69) is 5.32 Å². The van der Waals surface area contributed by atoms with Gasteiger partial charge in [-0.3, -0.25) is 0 Å². The second kappa shape index (κ2) is 8.49. The maximum atomic E-state index is 5.62. The Labute approximate surface area is 99.0 Å². The molecule has 3 nitrogen and oxygen atoms in total. The molecule has 16 heavy (non-hydrogen) atoms. The second-order valence-electron chi connectivity index (χ2n) is 4.96. The molecule has 2 aliphatic carbocycles. The standard InChI is InChI=1S/C12H23N.CH2N2/c1-3-7-11(8-4-1)13-12-9-5-2-6-10-12;2-1-3/h11-13H,1-10H2;2-3H. The number of hydrogen-bond donors (Lipinski definition) is 3. The van der Waals surface area contributed by atoms with E-state index in [1.54, 1.807) is 0 Å². The van der Waals surface area contributed by atoms with E-state index >= 15 is 0 Å². The first kappa shape index (κ1) is 13.4. The van der Waals surface area contributed by atoms with Crippen molar-refractivity contribution in [3.05, 3.63) is 0 Å². The SMILES string of the molecule is C1CCC(NC2CCCCC2)CC1.N=C=N. The van der Waals surface area contributed by atoms with Gasteiger partial charge in [0.15, 0.2) is 0 Å². The van der Waals surface area contributed by atoms with Crippen molar-refractivity contribution in [3.63, 3.8) is 0 Å². The van der Waals surface area contributed by atoms with Crippen LogP contribution in [0, 0.1) is 10.8 Å². The van der Waals surface area contributed by atoms with Gasteiger partial charge in [0, 0.05) is 12.1 Å². The van der Waals surface area contributed by atoms with E-state index in [9.17, 15) is 0 Å². The van der Waals surface area contributed by atoms with Crippen LogP contribution in [0.1, 0.15) is 64.2 Å². The highest BCUT2D eigenvalue weighted by Crippen LogP contribution is 2.22. The topological polar surface area (TPSA) is 59.7 Å². The smallest absolute Gasteiger partial charge is 0.0831 e. The third kappa shape index (κ3) is 5.43. The molecule has 0 aromatic carbocycles. The molecule has 0 unspecified atom stereocenters. The van der Waals surface area contributed by atoms with Gasteiger partial charge in [0.2, 0.25) is 0 Å². The Morgan fingerprint density at radius 1 is 0.688 bits per heavy atom. The minimum atomic E-state index is 0.872.